The van der Waals surface area contributed by atoms with E-state index in [0.29, 0.717) is 24.1 Å². The lowest BCUT2D eigenvalue weighted by Crippen LogP contribution is -2.44. The van der Waals surface area contributed by atoms with Crippen molar-refractivity contribution in [2.45, 2.75) is 44.4 Å². The van der Waals surface area contributed by atoms with E-state index in [1.807, 2.05) is 67.5 Å². The number of carbonyl (C=O) groups is 1. The van der Waals surface area contributed by atoms with Gasteiger partial charge in [-0.15, -0.1) is 11.3 Å². The molecule has 1 fully saturated rings. The molecular formula is C29H33N3O4S. The molecule has 5 rings (SSSR count). The summed E-state index contributed by atoms with van der Waals surface area (Å²) in [4.78, 5) is 17.8. The molecule has 0 spiro atoms. The van der Waals surface area contributed by atoms with Crippen LogP contribution < -0.4 is 14.4 Å². The van der Waals surface area contributed by atoms with E-state index in [4.69, 9.17) is 14.0 Å². The van der Waals surface area contributed by atoms with Gasteiger partial charge in [0.25, 0.3) is 5.88 Å². The predicted molar refractivity (Wildman–Crippen MR) is 147 cm³/mol. The van der Waals surface area contributed by atoms with Crippen LogP contribution in [-0.2, 0) is 6.61 Å². The molecule has 7 nitrogen and oxygen atoms in total. The van der Waals surface area contributed by atoms with Gasteiger partial charge in [-0.25, -0.2) is 0 Å². The fraction of sp³-hybridized carbons (Fsp3) is 0.379. The summed E-state index contributed by atoms with van der Waals surface area (Å²) in [6, 6.07) is 17.9. The summed E-state index contributed by atoms with van der Waals surface area (Å²) < 4.78 is 18.7. The van der Waals surface area contributed by atoms with Gasteiger partial charge in [0.1, 0.15) is 23.5 Å². The van der Waals surface area contributed by atoms with Crippen LogP contribution in [-0.4, -0.2) is 56.2 Å². The smallest absolute Gasteiger partial charge is 0.255 e. The molecule has 2 aromatic carbocycles. The number of ketones is 1. The van der Waals surface area contributed by atoms with E-state index < -0.39 is 0 Å². The summed E-state index contributed by atoms with van der Waals surface area (Å²) in [7, 11) is 8.03. The number of thiophene rings is 1. The largest absolute Gasteiger partial charge is 0.489 e. The Morgan fingerprint density at radius 3 is 2.59 bits per heavy atom. The Balaban J connectivity index is 1.38. The van der Waals surface area contributed by atoms with Gasteiger partial charge in [-0.05, 0) is 62.3 Å². The third-order valence-electron chi connectivity index (χ3n) is 6.84. The van der Waals surface area contributed by atoms with Gasteiger partial charge >= 0.3 is 0 Å². The lowest BCUT2D eigenvalue weighted by atomic mass is 9.92. The first-order valence-electron chi connectivity index (χ1n) is 12.7. The minimum absolute atomic E-state index is 0.0328. The second kappa shape index (κ2) is 10.9. The van der Waals surface area contributed by atoms with Crippen LogP contribution in [0.15, 0.2) is 59.1 Å². The van der Waals surface area contributed by atoms with Crippen LogP contribution in [0, 0.1) is 0 Å². The first-order chi connectivity index (χ1) is 17.9. The lowest BCUT2D eigenvalue weighted by molar-refractivity contribution is 0.0561. The van der Waals surface area contributed by atoms with Crippen LogP contribution in [0.1, 0.15) is 47.4 Å². The number of fused-ring (bicyclic) bond motifs is 1. The van der Waals surface area contributed by atoms with Gasteiger partial charge in [0.2, 0.25) is 11.5 Å². The number of hydrogen-bond acceptors (Lipinski definition) is 8. The molecule has 0 amide bonds. The Hall–Kier alpha value is -3.36. The van der Waals surface area contributed by atoms with E-state index in [0.717, 1.165) is 45.7 Å². The first kappa shape index (κ1) is 25.3. The highest BCUT2D eigenvalue weighted by Gasteiger charge is 2.30. The van der Waals surface area contributed by atoms with Crippen molar-refractivity contribution in [2.24, 2.45) is 0 Å². The maximum absolute atomic E-state index is 13.7. The molecule has 194 valence electrons. The summed E-state index contributed by atoms with van der Waals surface area (Å²) in [6.45, 7) is 0.487. The normalized spacial score (nSPS) is 17.8. The maximum Gasteiger partial charge on any atom is 0.255 e. The van der Waals surface area contributed by atoms with Crippen molar-refractivity contribution in [1.82, 2.24) is 10.1 Å². The fourth-order valence-corrected chi connectivity index (χ4v) is 6.09. The van der Waals surface area contributed by atoms with Crippen LogP contribution in [0.2, 0.25) is 0 Å². The van der Waals surface area contributed by atoms with E-state index in [9.17, 15) is 4.79 Å². The number of benzene rings is 2. The maximum atomic E-state index is 13.7. The summed E-state index contributed by atoms with van der Waals surface area (Å²) >= 11 is 1.56. The Labute approximate surface area is 221 Å². The fourth-order valence-electron chi connectivity index (χ4n) is 4.93. The third-order valence-corrected chi connectivity index (χ3v) is 8.16. The van der Waals surface area contributed by atoms with Gasteiger partial charge in [-0.3, -0.25) is 4.79 Å². The molecule has 37 heavy (non-hydrogen) atoms. The molecular weight excluding hydrogens is 486 g/mol. The van der Waals surface area contributed by atoms with Crippen molar-refractivity contribution in [2.75, 3.05) is 33.1 Å². The summed E-state index contributed by atoms with van der Waals surface area (Å²) in [5.41, 5.74) is 1.71. The first-order valence-corrected chi connectivity index (χ1v) is 13.5. The quantitative estimate of drug-likeness (QED) is 0.251. The van der Waals surface area contributed by atoms with Gasteiger partial charge in [0.15, 0.2) is 0 Å². The SMILES string of the molecule is CN(C)c1sc2cc(OCc3ccccc3)ccc2c1C(=O)c1cc(O[C@@H]2CCCC[C@H]2N(C)C)no1. The zero-order valence-corrected chi connectivity index (χ0v) is 22.6. The standard InChI is InChI=1S/C29H33N3O4S/c1-31(2)22-12-8-9-13-23(22)35-26-17-24(36-30-26)28(33)27-21-15-14-20(16-25(21)37-29(27)32(3)4)34-18-19-10-6-5-7-11-19/h5-7,10-11,14-17,22-23H,8-9,12-13,18H2,1-4H3/t22-,23-/m1/s1. The molecule has 0 bridgehead atoms. The van der Waals surface area contributed by atoms with Crippen molar-refractivity contribution in [1.29, 1.82) is 0 Å². The molecule has 0 radical (unpaired) electrons. The number of aromatic nitrogens is 1. The number of nitrogens with zero attached hydrogens (tertiary/aromatic N) is 3. The van der Waals surface area contributed by atoms with E-state index in [1.165, 1.54) is 6.42 Å². The molecule has 2 atom stereocenters. The van der Waals surface area contributed by atoms with E-state index in [-0.39, 0.29) is 17.6 Å². The summed E-state index contributed by atoms with van der Waals surface area (Å²) in [5, 5.41) is 5.82. The molecule has 0 N–H and O–H groups in total. The van der Waals surface area contributed by atoms with Crippen molar-refractivity contribution in [3.05, 3.63) is 71.5 Å². The number of carbonyl (C=O) groups excluding carboxylic acids is 1. The average molecular weight is 520 g/mol. The number of likely N-dealkylation sites (N-methyl/N-ethyl adjacent to an activating group) is 1. The van der Waals surface area contributed by atoms with E-state index >= 15 is 0 Å². The molecule has 4 aromatic rings. The van der Waals surface area contributed by atoms with Gasteiger partial charge in [-0.1, -0.05) is 36.8 Å². The van der Waals surface area contributed by atoms with Crippen molar-refractivity contribution >= 4 is 32.2 Å². The Morgan fingerprint density at radius 2 is 1.84 bits per heavy atom. The molecule has 8 heteroatoms. The monoisotopic (exact) mass is 519 g/mol. The lowest BCUT2D eigenvalue weighted by Gasteiger charge is -2.35. The molecule has 2 heterocycles. The molecule has 1 aliphatic carbocycles. The highest BCUT2D eigenvalue weighted by atomic mass is 32.1. The van der Waals surface area contributed by atoms with Crippen LogP contribution >= 0.6 is 11.3 Å². The predicted octanol–water partition coefficient (Wildman–Crippen LogP) is 6.02. The minimum atomic E-state index is -0.206. The zero-order valence-electron chi connectivity index (χ0n) is 21.8. The van der Waals surface area contributed by atoms with E-state index in [1.54, 1.807) is 17.4 Å². The zero-order chi connectivity index (χ0) is 25.9. The van der Waals surface area contributed by atoms with Crippen LogP contribution in [0.4, 0.5) is 5.00 Å². The highest BCUT2D eigenvalue weighted by molar-refractivity contribution is 7.23. The molecule has 1 aliphatic rings. The van der Waals surface area contributed by atoms with Gasteiger partial charge in [0.05, 0.1) is 11.6 Å². The summed E-state index contributed by atoms with van der Waals surface area (Å²) in [6.07, 6.45) is 4.41. The highest BCUT2D eigenvalue weighted by Crippen LogP contribution is 2.40. The van der Waals surface area contributed by atoms with Crippen LogP contribution in [0.5, 0.6) is 11.6 Å². The van der Waals surface area contributed by atoms with Crippen molar-refractivity contribution < 1.29 is 18.8 Å². The molecule has 0 unspecified atom stereocenters. The minimum Gasteiger partial charge on any atom is -0.489 e. The number of rotatable bonds is 9. The Morgan fingerprint density at radius 1 is 1.05 bits per heavy atom. The number of ether oxygens (including phenoxy) is 2. The summed E-state index contributed by atoms with van der Waals surface area (Å²) in [5.74, 6) is 1.10. The second-order valence-electron chi connectivity index (χ2n) is 9.94. The third kappa shape index (κ3) is 5.50. The molecule has 2 aromatic heterocycles. The van der Waals surface area contributed by atoms with Gasteiger partial charge < -0.3 is 23.8 Å². The second-order valence-corrected chi connectivity index (χ2v) is 11.0. The number of anilines is 1. The van der Waals surface area contributed by atoms with Crippen LogP contribution in [0.25, 0.3) is 10.1 Å². The topological polar surface area (TPSA) is 68.0 Å². The Kier molecular flexibility index (Phi) is 7.48. The van der Waals surface area contributed by atoms with Gasteiger partial charge in [-0.2, -0.15) is 0 Å². The molecule has 0 saturated heterocycles. The number of hydrogen-bond donors (Lipinski definition) is 0. The van der Waals surface area contributed by atoms with Crippen molar-refractivity contribution in [3.8, 4) is 11.6 Å². The van der Waals surface area contributed by atoms with Gasteiger partial charge in [0, 0.05) is 30.2 Å². The average Bonchev–Trinajstić information content (AvgIpc) is 3.52. The Bertz CT molecular complexity index is 1360. The van der Waals surface area contributed by atoms with E-state index in [2.05, 4.69) is 24.2 Å². The van der Waals surface area contributed by atoms with Crippen LogP contribution in [0.3, 0.4) is 0 Å². The molecule has 0 aliphatic heterocycles. The molecule has 1 saturated carbocycles. The van der Waals surface area contributed by atoms with Crippen molar-refractivity contribution in [3.63, 3.8) is 0 Å².